The van der Waals surface area contributed by atoms with Crippen LogP contribution in [-0.4, -0.2) is 90.2 Å². The molecular formula is C12H26N2O8S3. The van der Waals surface area contributed by atoms with Crippen LogP contribution in [0.1, 0.15) is 20.7 Å². The molecule has 0 aromatic heterocycles. The van der Waals surface area contributed by atoms with E-state index in [4.69, 9.17) is 9.47 Å². The third kappa shape index (κ3) is 6.41. The van der Waals surface area contributed by atoms with Crippen LogP contribution in [0.4, 0.5) is 0 Å². The monoisotopic (exact) mass is 422 g/mol. The van der Waals surface area contributed by atoms with Crippen LogP contribution in [-0.2, 0) is 39.4 Å². The van der Waals surface area contributed by atoms with Crippen molar-refractivity contribution in [1.29, 1.82) is 0 Å². The van der Waals surface area contributed by atoms with Crippen LogP contribution in [0.3, 0.4) is 0 Å². The molecule has 0 bridgehead atoms. The average Bonchev–Trinajstić information content (AvgIpc) is 2.51. The Labute approximate surface area is 150 Å². The molecule has 0 saturated carbocycles. The molecule has 3 heterocycles. The van der Waals surface area contributed by atoms with Crippen LogP contribution >= 0.6 is 0 Å². The Bertz CT molecular complexity index is 697. The first kappa shape index (κ1) is 21.0. The van der Waals surface area contributed by atoms with Gasteiger partial charge in [0.15, 0.2) is 0 Å². The Hall–Kier alpha value is -0.310. The van der Waals surface area contributed by atoms with Gasteiger partial charge in [-0.1, -0.05) is 6.42 Å². The minimum Gasteiger partial charge on any atom is -0.364 e. The standard InChI is InChI=1S/C7H14N2O6S2.C5H10O2S.H2/c10-16(11)3-1-14-6-8(16)5-9-7-15-2-4-17(9,12)13;6-8(7)4-2-1-3-5-8;/h1-7H2;1-5H2;1H. The molecule has 0 aliphatic carbocycles. The summed E-state index contributed by atoms with van der Waals surface area (Å²) in [6.07, 6.45) is 2.85. The molecule has 25 heavy (non-hydrogen) atoms. The van der Waals surface area contributed by atoms with Crippen molar-refractivity contribution in [2.24, 2.45) is 0 Å². The quantitative estimate of drug-likeness (QED) is 0.555. The van der Waals surface area contributed by atoms with Crippen LogP contribution in [0.2, 0.25) is 0 Å². The van der Waals surface area contributed by atoms with Crippen molar-refractivity contribution >= 4 is 29.9 Å². The topological polar surface area (TPSA) is 127 Å². The van der Waals surface area contributed by atoms with Gasteiger partial charge in [0.1, 0.15) is 23.3 Å². The van der Waals surface area contributed by atoms with E-state index in [0.717, 1.165) is 27.9 Å². The van der Waals surface area contributed by atoms with Gasteiger partial charge in [0, 0.05) is 1.43 Å². The Balaban J connectivity index is 0.000000318. The molecule has 3 saturated heterocycles. The van der Waals surface area contributed by atoms with Crippen LogP contribution in [0.25, 0.3) is 0 Å². The average molecular weight is 423 g/mol. The van der Waals surface area contributed by atoms with Gasteiger partial charge in [0.2, 0.25) is 20.0 Å². The summed E-state index contributed by atoms with van der Waals surface area (Å²) < 4.78 is 79.9. The van der Waals surface area contributed by atoms with Crippen molar-refractivity contribution in [2.45, 2.75) is 19.3 Å². The number of sulfonamides is 2. The molecule has 0 radical (unpaired) electrons. The summed E-state index contributed by atoms with van der Waals surface area (Å²) in [5, 5.41) is 0. The Morgan fingerprint density at radius 1 is 0.680 bits per heavy atom. The highest BCUT2D eigenvalue weighted by Crippen LogP contribution is 2.14. The zero-order valence-electron chi connectivity index (χ0n) is 13.9. The molecule has 0 N–H and O–H groups in total. The number of ether oxygens (including phenoxy) is 2. The molecule has 3 fully saturated rings. The van der Waals surface area contributed by atoms with E-state index in [2.05, 4.69) is 0 Å². The van der Waals surface area contributed by atoms with Gasteiger partial charge < -0.3 is 9.47 Å². The highest BCUT2D eigenvalue weighted by atomic mass is 32.2. The lowest BCUT2D eigenvalue weighted by Gasteiger charge is -2.33. The third-order valence-corrected chi connectivity index (χ3v) is 9.16. The Morgan fingerprint density at radius 3 is 1.44 bits per heavy atom. The summed E-state index contributed by atoms with van der Waals surface area (Å²) in [5.41, 5.74) is 0. The fourth-order valence-corrected chi connectivity index (χ4v) is 6.28. The first-order chi connectivity index (χ1) is 11.6. The van der Waals surface area contributed by atoms with Gasteiger partial charge in [-0.25, -0.2) is 25.3 Å². The second kappa shape index (κ2) is 8.59. The maximum Gasteiger partial charge on any atom is 0.219 e. The van der Waals surface area contributed by atoms with Crippen molar-refractivity contribution in [3.63, 3.8) is 0 Å². The zero-order valence-corrected chi connectivity index (χ0v) is 16.3. The maximum absolute atomic E-state index is 11.7. The summed E-state index contributed by atoms with van der Waals surface area (Å²) in [6, 6.07) is 0. The molecule has 10 nitrogen and oxygen atoms in total. The van der Waals surface area contributed by atoms with E-state index in [1.165, 1.54) is 0 Å². The number of hydrogen-bond donors (Lipinski definition) is 0. The lowest BCUT2D eigenvalue weighted by atomic mass is 10.3. The van der Waals surface area contributed by atoms with Crippen LogP contribution in [0.5, 0.6) is 0 Å². The van der Waals surface area contributed by atoms with E-state index < -0.39 is 29.9 Å². The highest BCUT2D eigenvalue weighted by Gasteiger charge is 2.33. The molecule has 13 heteroatoms. The van der Waals surface area contributed by atoms with Gasteiger partial charge in [-0.05, 0) is 12.8 Å². The normalized spacial score (nSPS) is 29.3. The lowest BCUT2D eigenvalue weighted by molar-refractivity contribution is 0.0159. The minimum atomic E-state index is -3.43. The SMILES string of the molecule is O=S1(=O)CCCCC1.O=S1(=O)CCOCN1CN1COCCS1(=O)=O.[HH]. The highest BCUT2D eigenvalue weighted by molar-refractivity contribution is 7.91. The molecule has 0 aromatic carbocycles. The zero-order chi connectivity index (χ0) is 18.6. The van der Waals surface area contributed by atoms with Gasteiger partial charge in [-0.2, -0.15) is 8.61 Å². The molecule has 0 atom stereocenters. The van der Waals surface area contributed by atoms with Gasteiger partial charge in [0.05, 0.1) is 42.9 Å². The molecule has 150 valence electrons. The summed E-state index contributed by atoms with van der Waals surface area (Å²) in [5.74, 6) is 0.601. The maximum atomic E-state index is 11.7. The van der Waals surface area contributed by atoms with Crippen molar-refractivity contribution in [2.75, 3.05) is 56.4 Å². The van der Waals surface area contributed by atoms with Gasteiger partial charge in [-0.3, -0.25) is 0 Å². The van der Waals surface area contributed by atoms with Crippen LogP contribution in [0.15, 0.2) is 0 Å². The molecule has 0 aromatic rings. The minimum absolute atomic E-state index is 0. The van der Waals surface area contributed by atoms with Crippen molar-refractivity contribution in [1.82, 2.24) is 8.61 Å². The van der Waals surface area contributed by atoms with Gasteiger partial charge in [-0.15, -0.1) is 0 Å². The fourth-order valence-electron chi connectivity index (χ4n) is 2.44. The van der Waals surface area contributed by atoms with Crippen LogP contribution in [0, 0.1) is 0 Å². The summed E-state index contributed by atoms with van der Waals surface area (Å²) in [4.78, 5) is 0. The summed E-state index contributed by atoms with van der Waals surface area (Å²) in [6.45, 7) is -0.197. The molecular weight excluding hydrogens is 396 g/mol. The van der Waals surface area contributed by atoms with E-state index in [-0.39, 0.29) is 46.3 Å². The molecule has 0 unspecified atom stereocenters. The molecule has 0 spiro atoms. The second-order valence-corrected chi connectivity index (χ2v) is 12.4. The fraction of sp³-hybridized carbons (Fsp3) is 1.00. The van der Waals surface area contributed by atoms with Crippen molar-refractivity contribution in [3.05, 3.63) is 0 Å². The number of rotatable bonds is 2. The largest absolute Gasteiger partial charge is 0.364 e. The van der Waals surface area contributed by atoms with Crippen LogP contribution < -0.4 is 0 Å². The smallest absolute Gasteiger partial charge is 0.219 e. The van der Waals surface area contributed by atoms with Gasteiger partial charge in [0.25, 0.3) is 0 Å². The Morgan fingerprint density at radius 2 is 1.12 bits per heavy atom. The first-order valence-corrected chi connectivity index (χ1v) is 13.0. The van der Waals surface area contributed by atoms with Crippen molar-refractivity contribution in [3.8, 4) is 0 Å². The summed E-state index contributed by atoms with van der Waals surface area (Å²) >= 11 is 0. The van der Waals surface area contributed by atoms with E-state index in [1.54, 1.807) is 0 Å². The molecule has 3 rings (SSSR count). The predicted octanol–water partition coefficient (Wildman–Crippen LogP) is -0.986. The predicted molar refractivity (Wildman–Crippen MR) is 92.4 cm³/mol. The van der Waals surface area contributed by atoms with E-state index in [0.29, 0.717) is 11.5 Å². The molecule has 0 amide bonds. The number of sulfone groups is 1. The van der Waals surface area contributed by atoms with E-state index >= 15 is 0 Å². The van der Waals surface area contributed by atoms with E-state index in [9.17, 15) is 25.3 Å². The molecule has 3 aliphatic heterocycles. The number of hydrogen-bond acceptors (Lipinski definition) is 8. The van der Waals surface area contributed by atoms with Gasteiger partial charge >= 0.3 is 0 Å². The lowest BCUT2D eigenvalue weighted by Crippen LogP contribution is -2.51. The van der Waals surface area contributed by atoms with E-state index in [1.807, 2.05) is 0 Å². The first-order valence-electron chi connectivity index (χ1n) is 7.94. The summed E-state index contributed by atoms with van der Waals surface area (Å²) in [7, 11) is -9.44. The molecule has 3 aliphatic rings. The third-order valence-electron chi connectivity index (χ3n) is 3.95. The second-order valence-electron chi connectivity index (χ2n) is 5.96. The Kier molecular flexibility index (Phi) is 7.21. The van der Waals surface area contributed by atoms with Crippen molar-refractivity contribution < 1.29 is 36.2 Å². The number of nitrogens with zero attached hydrogens (tertiary/aromatic N) is 2.